The maximum atomic E-state index is 13.9. The van der Waals surface area contributed by atoms with Crippen molar-refractivity contribution >= 4 is 33.4 Å². The quantitative estimate of drug-likeness (QED) is 0.571. The highest BCUT2D eigenvalue weighted by Gasteiger charge is 2.39. The molecule has 0 unspecified atom stereocenters. The highest BCUT2D eigenvalue weighted by molar-refractivity contribution is 7.91. The van der Waals surface area contributed by atoms with Crippen LogP contribution < -0.4 is 9.91 Å². The molecule has 3 amide bonds. The topological polar surface area (TPSA) is 130 Å². The first-order valence-corrected chi connectivity index (χ1v) is 13.1. The van der Waals surface area contributed by atoms with Gasteiger partial charge in [-0.3, -0.25) is 14.5 Å². The number of carbonyl (C=O) groups excluding carboxylic acids is 2. The van der Waals surface area contributed by atoms with Gasteiger partial charge in [0.05, 0.1) is 28.0 Å². The lowest BCUT2D eigenvalue weighted by Crippen LogP contribution is -2.46. The Bertz CT molecular complexity index is 1260. The molecule has 2 heterocycles. The minimum absolute atomic E-state index is 0.0519. The summed E-state index contributed by atoms with van der Waals surface area (Å²) in [5.74, 6) is -0.766. The fraction of sp³-hybridized carbons (Fsp3) is 0.500. The monoisotopic (exact) mass is 504 g/mol. The van der Waals surface area contributed by atoms with Crippen LogP contribution in [0.4, 0.5) is 10.5 Å². The molecule has 0 radical (unpaired) electrons. The number of amides is 3. The standard InChI is InChI=1S/C24H32N4O6S/c1-7-18-22(19(8-2)28(25-18)27(15(3)4)23(31)32)35(33,34)17-11-9-10-16(12-17)26-20(29)13-24(5,6)14-21(26)30/h9-12,15H,7-8,13-14H2,1-6H3,(H,31,32). The SMILES string of the molecule is CCc1nn(N(C(=O)O)C(C)C)c(CC)c1S(=O)(=O)c1cccc(N2C(=O)CC(C)(C)CC2=O)c1. The molecule has 1 N–H and O–H groups in total. The molecular weight excluding hydrogens is 472 g/mol. The molecule has 35 heavy (non-hydrogen) atoms. The van der Waals surface area contributed by atoms with E-state index in [-0.39, 0.29) is 64.4 Å². The number of hydrogen-bond acceptors (Lipinski definition) is 6. The van der Waals surface area contributed by atoms with Gasteiger partial charge in [0.1, 0.15) is 4.90 Å². The van der Waals surface area contributed by atoms with Crippen molar-refractivity contribution in [2.75, 3.05) is 9.91 Å². The normalized spacial score (nSPS) is 16.1. The van der Waals surface area contributed by atoms with Crippen molar-refractivity contribution in [1.29, 1.82) is 0 Å². The highest BCUT2D eigenvalue weighted by Crippen LogP contribution is 2.36. The predicted molar refractivity (Wildman–Crippen MR) is 130 cm³/mol. The van der Waals surface area contributed by atoms with E-state index in [0.29, 0.717) is 0 Å². The van der Waals surface area contributed by atoms with Crippen molar-refractivity contribution in [2.24, 2.45) is 5.41 Å². The number of nitrogens with zero attached hydrogens (tertiary/aromatic N) is 4. The molecule has 0 saturated carbocycles. The Kier molecular flexibility index (Phi) is 7.12. The summed E-state index contributed by atoms with van der Waals surface area (Å²) in [6, 6.07) is 5.25. The largest absolute Gasteiger partial charge is 0.464 e. The number of benzene rings is 1. The lowest BCUT2D eigenvalue weighted by atomic mass is 9.81. The Morgan fingerprint density at radius 3 is 2.23 bits per heavy atom. The Morgan fingerprint density at radius 1 is 1.14 bits per heavy atom. The third kappa shape index (κ3) is 4.82. The molecule has 3 rings (SSSR count). The Morgan fingerprint density at radius 2 is 1.74 bits per heavy atom. The third-order valence-electron chi connectivity index (χ3n) is 5.95. The first-order chi connectivity index (χ1) is 16.2. The molecule has 1 fully saturated rings. The van der Waals surface area contributed by atoms with Gasteiger partial charge in [0.25, 0.3) is 0 Å². The number of hydrogen-bond donors (Lipinski definition) is 1. The van der Waals surface area contributed by atoms with Crippen molar-refractivity contribution < 1.29 is 27.9 Å². The van der Waals surface area contributed by atoms with Crippen LogP contribution in [0.15, 0.2) is 34.1 Å². The fourth-order valence-electron chi connectivity index (χ4n) is 4.39. The molecule has 10 nitrogen and oxygen atoms in total. The van der Waals surface area contributed by atoms with Crippen LogP contribution in [0.3, 0.4) is 0 Å². The molecule has 1 aromatic heterocycles. The van der Waals surface area contributed by atoms with Crippen LogP contribution in [0.5, 0.6) is 0 Å². The summed E-state index contributed by atoms with van der Waals surface area (Å²) in [5.41, 5.74) is 0.220. The molecule has 1 aromatic carbocycles. The van der Waals surface area contributed by atoms with Crippen LogP contribution >= 0.6 is 0 Å². The van der Waals surface area contributed by atoms with E-state index in [0.717, 1.165) is 14.7 Å². The van der Waals surface area contributed by atoms with E-state index in [1.807, 2.05) is 13.8 Å². The van der Waals surface area contributed by atoms with Gasteiger partial charge >= 0.3 is 6.09 Å². The van der Waals surface area contributed by atoms with Gasteiger partial charge in [-0.1, -0.05) is 33.8 Å². The van der Waals surface area contributed by atoms with Crippen molar-refractivity contribution in [3.8, 4) is 0 Å². The van der Waals surface area contributed by atoms with Crippen LogP contribution in [-0.2, 0) is 32.3 Å². The van der Waals surface area contributed by atoms with Gasteiger partial charge in [-0.05, 0) is 50.3 Å². The number of aryl methyl sites for hydroxylation is 1. The van der Waals surface area contributed by atoms with Crippen molar-refractivity contribution in [1.82, 2.24) is 9.89 Å². The van der Waals surface area contributed by atoms with Crippen LogP contribution in [0, 0.1) is 5.41 Å². The molecule has 0 spiro atoms. The summed E-state index contributed by atoms with van der Waals surface area (Å²) >= 11 is 0. The lowest BCUT2D eigenvalue weighted by Gasteiger charge is -2.34. The Hall–Kier alpha value is -3.21. The molecule has 0 bridgehead atoms. The average molecular weight is 505 g/mol. The third-order valence-corrected chi connectivity index (χ3v) is 7.84. The van der Waals surface area contributed by atoms with Crippen molar-refractivity contribution in [3.63, 3.8) is 0 Å². The first kappa shape index (κ1) is 26.4. The summed E-state index contributed by atoms with van der Waals surface area (Å²) in [5, 5.41) is 15.1. The number of imide groups is 1. The highest BCUT2D eigenvalue weighted by atomic mass is 32.2. The van der Waals surface area contributed by atoms with E-state index in [2.05, 4.69) is 5.10 Å². The molecule has 190 valence electrons. The molecule has 2 aromatic rings. The van der Waals surface area contributed by atoms with Gasteiger partial charge in [0.15, 0.2) is 0 Å². The summed E-state index contributed by atoms with van der Waals surface area (Å²) in [6.45, 7) is 10.5. The number of carbonyl (C=O) groups is 3. The minimum atomic E-state index is -4.16. The number of rotatable bonds is 7. The second-order valence-corrected chi connectivity index (χ2v) is 11.6. The number of piperidine rings is 1. The van der Waals surface area contributed by atoms with E-state index < -0.39 is 27.4 Å². The number of sulfone groups is 1. The van der Waals surface area contributed by atoms with E-state index in [9.17, 15) is 27.9 Å². The molecule has 1 saturated heterocycles. The lowest BCUT2D eigenvalue weighted by molar-refractivity contribution is -0.132. The van der Waals surface area contributed by atoms with E-state index in [1.54, 1.807) is 27.7 Å². The van der Waals surface area contributed by atoms with E-state index in [4.69, 9.17) is 0 Å². The van der Waals surface area contributed by atoms with Gasteiger partial charge < -0.3 is 5.11 Å². The van der Waals surface area contributed by atoms with Crippen LogP contribution in [0.25, 0.3) is 0 Å². The van der Waals surface area contributed by atoms with Crippen molar-refractivity contribution in [2.45, 2.75) is 83.1 Å². The molecule has 11 heteroatoms. The van der Waals surface area contributed by atoms with E-state index in [1.165, 1.54) is 24.3 Å². The Balaban J connectivity index is 2.16. The zero-order chi connectivity index (χ0) is 26.3. The van der Waals surface area contributed by atoms with Crippen LogP contribution in [-0.4, -0.2) is 47.4 Å². The average Bonchev–Trinajstić information content (AvgIpc) is 3.11. The Labute approximate surface area is 205 Å². The second-order valence-electron chi connectivity index (χ2n) is 9.68. The molecule has 0 atom stereocenters. The maximum Gasteiger partial charge on any atom is 0.428 e. The summed E-state index contributed by atoms with van der Waals surface area (Å²) in [6.07, 6.45) is -0.435. The van der Waals surface area contributed by atoms with Gasteiger partial charge in [-0.15, -0.1) is 0 Å². The number of anilines is 1. The van der Waals surface area contributed by atoms with Gasteiger partial charge in [0.2, 0.25) is 21.7 Å². The predicted octanol–water partition coefficient (Wildman–Crippen LogP) is 3.54. The first-order valence-electron chi connectivity index (χ1n) is 11.6. The summed E-state index contributed by atoms with van der Waals surface area (Å²) < 4.78 is 27.7. The van der Waals surface area contributed by atoms with Crippen LogP contribution in [0.2, 0.25) is 0 Å². The maximum absolute atomic E-state index is 13.9. The van der Waals surface area contributed by atoms with Gasteiger partial charge in [-0.25, -0.2) is 13.2 Å². The zero-order valence-electron chi connectivity index (χ0n) is 20.9. The second kappa shape index (κ2) is 9.44. The number of carboxylic acid groups (broad SMARTS) is 1. The fourth-order valence-corrected chi connectivity index (χ4v) is 6.19. The minimum Gasteiger partial charge on any atom is -0.464 e. The number of aromatic nitrogens is 2. The molecule has 0 aliphatic carbocycles. The summed E-state index contributed by atoms with van der Waals surface area (Å²) in [4.78, 5) is 39.4. The van der Waals surface area contributed by atoms with Crippen LogP contribution in [0.1, 0.15) is 65.8 Å². The van der Waals surface area contributed by atoms with E-state index >= 15 is 0 Å². The van der Waals surface area contributed by atoms with Gasteiger partial charge in [0, 0.05) is 12.8 Å². The smallest absolute Gasteiger partial charge is 0.428 e. The molecule has 1 aliphatic rings. The zero-order valence-corrected chi connectivity index (χ0v) is 21.7. The molecule has 1 aliphatic heterocycles. The van der Waals surface area contributed by atoms with Gasteiger partial charge in [-0.2, -0.15) is 14.9 Å². The molecular formula is C24H32N4O6S. The summed E-state index contributed by atoms with van der Waals surface area (Å²) in [7, 11) is -4.16. The van der Waals surface area contributed by atoms with Crippen molar-refractivity contribution in [3.05, 3.63) is 35.7 Å².